The van der Waals surface area contributed by atoms with Crippen LogP contribution in [0.1, 0.15) is 36.8 Å². The molecule has 3 amide bonds. The fourth-order valence-electron chi connectivity index (χ4n) is 5.08. The van der Waals surface area contributed by atoms with E-state index in [0.717, 1.165) is 31.7 Å². The van der Waals surface area contributed by atoms with E-state index >= 15 is 0 Å². The molecule has 176 valence electrons. The number of alkyl halides is 3. The molecule has 1 unspecified atom stereocenters. The summed E-state index contributed by atoms with van der Waals surface area (Å²) in [5, 5.41) is 0. The number of primary amides is 1. The van der Waals surface area contributed by atoms with Crippen molar-refractivity contribution in [1.29, 1.82) is 0 Å². The smallest absolute Gasteiger partial charge is 0.369 e. The molecule has 3 saturated heterocycles. The van der Waals surface area contributed by atoms with E-state index in [4.69, 9.17) is 5.73 Å². The number of amides is 3. The molecule has 0 bridgehead atoms. The Kier molecular flexibility index (Phi) is 6.08. The second kappa shape index (κ2) is 8.53. The van der Waals surface area contributed by atoms with Crippen LogP contribution in [0, 0.1) is 17.2 Å². The Labute approximate surface area is 184 Å². The topological polar surface area (TPSA) is 69.9 Å². The first-order valence-corrected chi connectivity index (χ1v) is 11.0. The Bertz CT molecular complexity index is 875. The number of carbonyl (C=O) groups excluding carboxylic acids is 2. The minimum absolute atomic E-state index is 0.0454. The van der Waals surface area contributed by atoms with Crippen molar-refractivity contribution in [2.75, 3.05) is 39.3 Å². The summed E-state index contributed by atoms with van der Waals surface area (Å²) in [6.45, 7) is 4.01. The van der Waals surface area contributed by atoms with E-state index in [-0.39, 0.29) is 35.4 Å². The van der Waals surface area contributed by atoms with Gasteiger partial charge < -0.3 is 15.5 Å². The number of piperidine rings is 2. The molecule has 3 fully saturated rings. The van der Waals surface area contributed by atoms with Gasteiger partial charge in [-0.25, -0.2) is 9.18 Å². The van der Waals surface area contributed by atoms with E-state index in [2.05, 4.69) is 0 Å². The number of rotatable bonds is 3. The second-order valence-corrected chi connectivity index (χ2v) is 9.41. The monoisotopic (exact) mass is 456 g/mol. The van der Waals surface area contributed by atoms with E-state index < -0.39 is 17.6 Å². The predicted octanol–water partition coefficient (Wildman–Crippen LogP) is 3.06. The molecule has 32 heavy (non-hydrogen) atoms. The van der Waals surface area contributed by atoms with Gasteiger partial charge in [0.05, 0.1) is 11.5 Å². The highest BCUT2D eigenvalue weighted by molar-refractivity contribution is 5.80. The van der Waals surface area contributed by atoms with Gasteiger partial charge in [0.25, 0.3) is 0 Å². The molecule has 3 aliphatic rings. The van der Waals surface area contributed by atoms with Gasteiger partial charge in [-0.3, -0.25) is 9.69 Å². The number of halogens is 4. The average Bonchev–Trinajstić information content (AvgIpc) is 2.73. The molecule has 6 nitrogen and oxygen atoms in total. The zero-order valence-electron chi connectivity index (χ0n) is 17.8. The fourth-order valence-corrected chi connectivity index (χ4v) is 5.08. The Hall–Kier alpha value is -2.36. The van der Waals surface area contributed by atoms with Gasteiger partial charge in [-0.15, -0.1) is 0 Å². The SMILES string of the molecule is NC(=O)C1CCCN(C(=O)N2CC3(CCN(Cc4ccc(C(F)(F)F)cc4F)CC3)C2)C1. The van der Waals surface area contributed by atoms with Crippen molar-refractivity contribution in [2.24, 2.45) is 17.1 Å². The Morgan fingerprint density at radius 3 is 2.38 bits per heavy atom. The third kappa shape index (κ3) is 4.69. The Morgan fingerprint density at radius 1 is 1.09 bits per heavy atom. The van der Waals surface area contributed by atoms with Gasteiger partial charge in [0, 0.05) is 43.7 Å². The van der Waals surface area contributed by atoms with Crippen molar-refractivity contribution < 1.29 is 27.2 Å². The quantitative estimate of drug-likeness (QED) is 0.711. The second-order valence-electron chi connectivity index (χ2n) is 9.41. The number of carbonyl (C=O) groups is 2. The van der Waals surface area contributed by atoms with Crippen LogP contribution in [0.2, 0.25) is 0 Å². The summed E-state index contributed by atoms with van der Waals surface area (Å²) in [6, 6.07) is 2.64. The molecule has 1 atom stereocenters. The van der Waals surface area contributed by atoms with Crippen LogP contribution in [-0.2, 0) is 17.5 Å². The first-order chi connectivity index (χ1) is 15.1. The van der Waals surface area contributed by atoms with Crippen LogP contribution in [0.5, 0.6) is 0 Å². The number of hydrogen-bond donors (Lipinski definition) is 1. The maximum absolute atomic E-state index is 14.2. The van der Waals surface area contributed by atoms with Crippen LogP contribution in [0.4, 0.5) is 22.4 Å². The normalized spacial score (nSPS) is 23.8. The van der Waals surface area contributed by atoms with Gasteiger partial charge in [-0.05, 0) is 50.9 Å². The van der Waals surface area contributed by atoms with Gasteiger partial charge in [0.2, 0.25) is 5.91 Å². The van der Waals surface area contributed by atoms with Crippen LogP contribution in [0.3, 0.4) is 0 Å². The summed E-state index contributed by atoms with van der Waals surface area (Å²) in [4.78, 5) is 29.8. The first-order valence-electron chi connectivity index (χ1n) is 11.0. The zero-order chi connectivity index (χ0) is 23.1. The molecular formula is C22H28F4N4O2. The molecule has 1 spiro atoms. The fraction of sp³-hybridized carbons (Fsp3) is 0.636. The van der Waals surface area contributed by atoms with E-state index in [0.29, 0.717) is 45.3 Å². The first kappa shape index (κ1) is 22.8. The van der Waals surface area contributed by atoms with Crippen molar-refractivity contribution in [3.63, 3.8) is 0 Å². The minimum Gasteiger partial charge on any atom is -0.369 e. The van der Waals surface area contributed by atoms with Gasteiger partial charge in [-0.1, -0.05) is 6.07 Å². The van der Waals surface area contributed by atoms with Crippen molar-refractivity contribution in [1.82, 2.24) is 14.7 Å². The van der Waals surface area contributed by atoms with Gasteiger partial charge >= 0.3 is 12.2 Å². The van der Waals surface area contributed by atoms with Crippen molar-refractivity contribution in [3.8, 4) is 0 Å². The summed E-state index contributed by atoms with van der Waals surface area (Å²) in [6.07, 6.45) is -1.36. The number of likely N-dealkylation sites (tertiary alicyclic amines) is 3. The molecule has 1 aromatic carbocycles. The standard InChI is InChI=1S/C22H28F4N4O2/c23-18-10-17(22(24,25)26)4-3-15(18)11-28-8-5-21(6-9-28)13-30(14-21)20(32)29-7-1-2-16(12-29)19(27)31/h3-4,10,16H,1-2,5-9,11-14H2,(H2,27,31). The average molecular weight is 456 g/mol. The lowest BCUT2D eigenvalue weighted by Gasteiger charge is -2.55. The van der Waals surface area contributed by atoms with Crippen LogP contribution < -0.4 is 5.73 Å². The van der Waals surface area contributed by atoms with Crippen LogP contribution in [0.25, 0.3) is 0 Å². The highest BCUT2D eigenvalue weighted by Gasteiger charge is 2.48. The third-order valence-corrected chi connectivity index (χ3v) is 7.11. The maximum Gasteiger partial charge on any atom is 0.416 e. The molecule has 0 aromatic heterocycles. The lowest BCUT2D eigenvalue weighted by molar-refractivity contribution is -0.137. The predicted molar refractivity (Wildman–Crippen MR) is 109 cm³/mol. The minimum atomic E-state index is -4.56. The van der Waals surface area contributed by atoms with Crippen molar-refractivity contribution >= 4 is 11.9 Å². The molecule has 2 N–H and O–H groups in total. The summed E-state index contributed by atoms with van der Waals surface area (Å²) in [5.41, 5.74) is 4.72. The van der Waals surface area contributed by atoms with Gasteiger partial charge in [0.15, 0.2) is 0 Å². The summed E-state index contributed by atoms with van der Waals surface area (Å²) in [5.74, 6) is -1.48. The molecule has 0 saturated carbocycles. The van der Waals surface area contributed by atoms with E-state index in [1.54, 1.807) is 4.90 Å². The molecule has 3 heterocycles. The number of urea groups is 1. The van der Waals surface area contributed by atoms with E-state index in [1.165, 1.54) is 6.07 Å². The Balaban J connectivity index is 1.26. The number of hydrogen-bond acceptors (Lipinski definition) is 3. The number of nitrogens with zero attached hydrogens (tertiary/aromatic N) is 3. The van der Waals surface area contributed by atoms with Crippen LogP contribution in [-0.4, -0.2) is 65.9 Å². The highest BCUT2D eigenvalue weighted by atomic mass is 19.4. The lowest BCUT2D eigenvalue weighted by atomic mass is 9.72. The van der Waals surface area contributed by atoms with E-state index in [9.17, 15) is 27.2 Å². The highest BCUT2D eigenvalue weighted by Crippen LogP contribution is 2.41. The molecule has 0 radical (unpaired) electrons. The molecular weight excluding hydrogens is 428 g/mol. The molecule has 10 heteroatoms. The van der Waals surface area contributed by atoms with E-state index in [1.807, 2.05) is 9.80 Å². The molecule has 3 aliphatic heterocycles. The molecule has 0 aliphatic carbocycles. The van der Waals surface area contributed by atoms with Crippen LogP contribution >= 0.6 is 0 Å². The van der Waals surface area contributed by atoms with Crippen LogP contribution in [0.15, 0.2) is 18.2 Å². The van der Waals surface area contributed by atoms with Gasteiger partial charge in [-0.2, -0.15) is 13.2 Å². The summed E-state index contributed by atoms with van der Waals surface area (Å²) >= 11 is 0. The largest absolute Gasteiger partial charge is 0.416 e. The lowest BCUT2D eigenvalue weighted by Crippen LogP contribution is -2.64. The maximum atomic E-state index is 14.2. The van der Waals surface area contributed by atoms with Gasteiger partial charge in [0.1, 0.15) is 5.82 Å². The summed E-state index contributed by atoms with van der Waals surface area (Å²) < 4.78 is 52.3. The number of nitrogens with two attached hydrogens (primary N) is 1. The van der Waals surface area contributed by atoms with Crippen molar-refractivity contribution in [3.05, 3.63) is 35.1 Å². The molecule has 4 rings (SSSR count). The zero-order valence-corrected chi connectivity index (χ0v) is 17.8. The summed E-state index contributed by atoms with van der Waals surface area (Å²) in [7, 11) is 0. The number of benzene rings is 1. The molecule has 1 aromatic rings. The van der Waals surface area contributed by atoms with Crippen molar-refractivity contribution in [2.45, 2.75) is 38.4 Å². The third-order valence-electron chi connectivity index (χ3n) is 7.11. The Morgan fingerprint density at radius 2 is 1.78 bits per heavy atom.